The summed E-state index contributed by atoms with van der Waals surface area (Å²) in [6.45, 7) is 2.38. The van der Waals surface area contributed by atoms with E-state index in [9.17, 15) is 9.50 Å². The summed E-state index contributed by atoms with van der Waals surface area (Å²) in [5.74, 6) is 2.07. The Balaban J connectivity index is 1.38. The number of phenols is 1. The monoisotopic (exact) mass is 390 g/mol. The standard InChI is InChI=1S/C25H27FN2O/c1-25-12-11-21-20-8-6-19(29)14-17(20)5-7-22(21)23(25)9-10-24(25)28-27-15-16-3-2-4-18(26)13-16/h2-4,6,8,13-15,21-23,29H,5,7,9-12H2,1H3/b27-15-,28-24-/t21-,22+,23+,25-/m1/s1. The third kappa shape index (κ3) is 3.19. The van der Waals surface area contributed by atoms with E-state index >= 15 is 0 Å². The average Bonchev–Trinajstić information content (AvgIpc) is 3.04. The molecule has 3 aliphatic carbocycles. The third-order valence-corrected chi connectivity index (χ3v) is 7.69. The van der Waals surface area contributed by atoms with E-state index < -0.39 is 0 Å². The van der Waals surface area contributed by atoms with Crippen LogP contribution in [0.2, 0.25) is 0 Å². The number of fused-ring (bicyclic) bond motifs is 5. The Morgan fingerprint density at radius 1 is 1.10 bits per heavy atom. The van der Waals surface area contributed by atoms with Gasteiger partial charge in [0.05, 0.1) is 6.21 Å². The highest BCUT2D eigenvalue weighted by Crippen LogP contribution is 2.60. The Morgan fingerprint density at radius 3 is 2.86 bits per heavy atom. The molecule has 150 valence electrons. The van der Waals surface area contributed by atoms with Gasteiger partial charge in [0.1, 0.15) is 11.6 Å². The molecule has 0 radical (unpaired) electrons. The van der Waals surface area contributed by atoms with Gasteiger partial charge in [-0.25, -0.2) is 4.39 Å². The normalized spacial score (nSPS) is 32.2. The molecule has 0 spiro atoms. The highest BCUT2D eigenvalue weighted by molar-refractivity contribution is 5.93. The summed E-state index contributed by atoms with van der Waals surface area (Å²) in [4.78, 5) is 0. The van der Waals surface area contributed by atoms with Crippen LogP contribution in [0.5, 0.6) is 5.75 Å². The summed E-state index contributed by atoms with van der Waals surface area (Å²) < 4.78 is 13.4. The number of hydrogen-bond acceptors (Lipinski definition) is 3. The maximum absolute atomic E-state index is 13.4. The maximum atomic E-state index is 13.4. The number of halogens is 1. The average molecular weight is 391 g/mol. The van der Waals surface area contributed by atoms with Crippen molar-refractivity contribution in [1.82, 2.24) is 0 Å². The summed E-state index contributed by atoms with van der Waals surface area (Å²) in [6.07, 6.45) is 8.40. The van der Waals surface area contributed by atoms with Gasteiger partial charge >= 0.3 is 0 Å². The lowest BCUT2D eigenvalue weighted by Crippen LogP contribution is -2.42. The molecule has 2 saturated carbocycles. The quantitative estimate of drug-likeness (QED) is 0.506. The number of rotatable bonds is 2. The number of aryl methyl sites for hydroxylation is 1. The van der Waals surface area contributed by atoms with E-state index in [0.717, 1.165) is 24.8 Å². The van der Waals surface area contributed by atoms with Crippen molar-refractivity contribution in [2.24, 2.45) is 27.5 Å². The first-order valence-corrected chi connectivity index (χ1v) is 10.7. The number of aromatic hydroxyl groups is 1. The molecular formula is C25H27FN2O. The molecule has 1 N–H and O–H groups in total. The molecule has 3 aliphatic rings. The third-order valence-electron chi connectivity index (χ3n) is 7.69. The highest BCUT2D eigenvalue weighted by atomic mass is 19.1. The molecule has 29 heavy (non-hydrogen) atoms. The van der Waals surface area contributed by atoms with Crippen molar-refractivity contribution in [1.29, 1.82) is 0 Å². The van der Waals surface area contributed by atoms with Crippen LogP contribution >= 0.6 is 0 Å². The van der Waals surface area contributed by atoms with Gasteiger partial charge in [-0.3, -0.25) is 0 Å². The fraction of sp³-hybridized carbons (Fsp3) is 0.440. The molecule has 0 unspecified atom stereocenters. The molecule has 0 heterocycles. The van der Waals surface area contributed by atoms with E-state index in [1.807, 2.05) is 18.2 Å². The second-order valence-electron chi connectivity index (χ2n) is 9.14. The predicted molar refractivity (Wildman–Crippen MR) is 114 cm³/mol. The lowest BCUT2D eigenvalue weighted by atomic mass is 9.55. The molecule has 2 aromatic rings. The van der Waals surface area contributed by atoms with E-state index in [4.69, 9.17) is 0 Å². The first-order chi connectivity index (χ1) is 14.0. The van der Waals surface area contributed by atoms with Crippen molar-refractivity contribution in [3.05, 3.63) is 65.0 Å². The van der Waals surface area contributed by atoms with Crippen LogP contribution in [-0.4, -0.2) is 17.0 Å². The Labute approximate surface area is 171 Å². The van der Waals surface area contributed by atoms with Crippen molar-refractivity contribution >= 4 is 11.9 Å². The molecular weight excluding hydrogens is 363 g/mol. The predicted octanol–water partition coefficient (Wildman–Crippen LogP) is 5.86. The molecule has 0 aliphatic heterocycles. The molecule has 5 rings (SSSR count). The minimum atomic E-state index is -0.251. The zero-order valence-corrected chi connectivity index (χ0v) is 16.8. The smallest absolute Gasteiger partial charge is 0.123 e. The Kier molecular flexibility index (Phi) is 4.53. The van der Waals surface area contributed by atoms with E-state index in [1.54, 1.807) is 12.3 Å². The summed E-state index contributed by atoms with van der Waals surface area (Å²) >= 11 is 0. The van der Waals surface area contributed by atoms with E-state index in [0.29, 0.717) is 23.5 Å². The fourth-order valence-electron chi connectivity index (χ4n) is 6.27. The van der Waals surface area contributed by atoms with Gasteiger partial charge in [0.15, 0.2) is 0 Å². The van der Waals surface area contributed by atoms with Gasteiger partial charge in [0.2, 0.25) is 0 Å². The van der Waals surface area contributed by atoms with E-state index in [-0.39, 0.29) is 11.2 Å². The molecule has 4 heteroatoms. The molecule has 0 bridgehead atoms. The van der Waals surface area contributed by atoms with Crippen LogP contribution in [0, 0.1) is 23.1 Å². The Hall–Kier alpha value is -2.49. The minimum absolute atomic E-state index is 0.120. The first-order valence-electron chi connectivity index (χ1n) is 10.7. The van der Waals surface area contributed by atoms with Crippen LogP contribution in [-0.2, 0) is 6.42 Å². The van der Waals surface area contributed by atoms with E-state index in [2.05, 4.69) is 23.2 Å². The van der Waals surface area contributed by atoms with Crippen LogP contribution in [0.3, 0.4) is 0 Å². The van der Waals surface area contributed by atoms with Crippen LogP contribution in [0.4, 0.5) is 4.39 Å². The van der Waals surface area contributed by atoms with Crippen molar-refractivity contribution in [3.63, 3.8) is 0 Å². The second kappa shape index (κ2) is 7.08. The Bertz CT molecular complexity index is 998. The zero-order chi connectivity index (χ0) is 20.0. The van der Waals surface area contributed by atoms with Gasteiger partial charge in [-0.2, -0.15) is 10.2 Å². The van der Waals surface area contributed by atoms with Crippen molar-refractivity contribution in [3.8, 4) is 5.75 Å². The summed E-state index contributed by atoms with van der Waals surface area (Å²) in [7, 11) is 0. The first kappa shape index (κ1) is 18.5. The van der Waals surface area contributed by atoms with Gasteiger partial charge in [-0.1, -0.05) is 25.1 Å². The van der Waals surface area contributed by atoms with Gasteiger partial charge in [-0.05, 0) is 97.2 Å². The molecule has 0 aromatic heterocycles. The van der Waals surface area contributed by atoms with Crippen LogP contribution in [0.15, 0.2) is 52.7 Å². The number of hydrogen-bond donors (Lipinski definition) is 1. The van der Waals surface area contributed by atoms with Crippen LogP contribution in [0.25, 0.3) is 0 Å². The number of nitrogens with zero attached hydrogens (tertiary/aromatic N) is 2. The summed E-state index contributed by atoms with van der Waals surface area (Å²) in [5, 5.41) is 18.8. The van der Waals surface area contributed by atoms with Crippen molar-refractivity contribution in [2.75, 3.05) is 0 Å². The lowest BCUT2D eigenvalue weighted by molar-refractivity contribution is 0.0955. The highest BCUT2D eigenvalue weighted by Gasteiger charge is 2.53. The van der Waals surface area contributed by atoms with Gasteiger partial charge in [-0.15, -0.1) is 0 Å². The van der Waals surface area contributed by atoms with Gasteiger partial charge in [0.25, 0.3) is 0 Å². The fourth-order valence-corrected chi connectivity index (χ4v) is 6.27. The second-order valence-corrected chi connectivity index (χ2v) is 9.14. The van der Waals surface area contributed by atoms with E-state index in [1.165, 1.54) is 48.2 Å². The summed E-state index contributed by atoms with van der Waals surface area (Å²) in [6, 6.07) is 12.4. The number of phenolic OH excluding ortho intramolecular Hbond substituents is 1. The topological polar surface area (TPSA) is 45.0 Å². The molecule has 2 fully saturated rings. The summed E-state index contributed by atoms with van der Waals surface area (Å²) in [5.41, 5.74) is 4.86. The molecule has 4 atom stereocenters. The molecule has 2 aromatic carbocycles. The van der Waals surface area contributed by atoms with Gasteiger partial charge < -0.3 is 5.11 Å². The van der Waals surface area contributed by atoms with Crippen molar-refractivity contribution < 1.29 is 9.50 Å². The van der Waals surface area contributed by atoms with Crippen molar-refractivity contribution in [2.45, 2.75) is 51.4 Å². The molecule has 0 amide bonds. The van der Waals surface area contributed by atoms with Gasteiger partial charge in [0, 0.05) is 11.1 Å². The SMILES string of the molecule is C[C@@]12CC[C@@H]3c4ccc(O)cc4CC[C@@H]3[C@@H]1CC/C2=N/N=C\c1cccc(F)c1. The number of benzene rings is 2. The molecule has 3 nitrogen and oxygen atoms in total. The van der Waals surface area contributed by atoms with Crippen LogP contribution in [0.1, 0.15) is 61.6 Å². The van der Waals surface area contributed by atoms with Crippen LogP contribution < -0.4 is 0 Å². The lowest BCUT2D eigenvalue weighted by Gasteiger charge is -2.49. The molecule has 0 saturated heterocycles. The largest absolute Gasteiger partial charge is 0.508 e. The maximum Gasteiger partial charge on any atom is 0.123 e. The zero-order valence-electron chi connectivity index (χ0n) is 16.8. The Morgan fingerprint density at radius 2 is 2.00 bits per heavy atom. The minimum Gasteiger partial charge on any atom is -0.508 e.